The highest BCUT2D eigenvalue weighted by Gasteiger charge is 2.32. The summed E-state index contributed by atoms with van der Waals surface area (Å²) in [7, 11) is 0. The van der Waals surface area contributed by atoms with Crippen molar-refractivity contribution in [2.75, 3.05) is 6.54 Å². The fourth-order valence-electron chi connectivity index (χ4n) is 3.99. The van der Waals surface area contributed by atoms with E-state index in [4.69, 9.17) is 10.5 Å². The minimum Gasteiger partial charge on any atom is -0.443 e. The van der Waals surface area contributed by atoms with E-state index in [0.717, 1.165) is 23.1 Å². The van der Waals surface area contributed by atoms with Crippen molar-refractivity contribution in [2.24, 2.45) is 5.73 Å². The Kier molecular flexibility index (Phi) is 8.84. The Labute approximate surface area is 190 Å². The molecule has 0 aliphatic carbocycles. The Morgan fingerprint density at radius 3 is 2.22 bits per heavy atom. The summed E-state index contributed by atoms with van der Waals surface area (Å²) in [5.41, 5.74) is 9.89. The lowest BCUT2D eigenvalue weighted by Gasteiger charge is -2.31. The number of carbonyl (C=O) groups is 1. The molecule has 0 radical (unpaired) electrons. The van der Waals surface area contributed by atoms with Crippen LogP contribution in [0.1, 0.15) is 35.1 Å². The van der Waals surface area contributed by atoms with Crippen LogP contribution in [0, 0.1) is 0 Å². The van der Waals surface area contributed by atoms with Gasteiger partial charge in [-0.1, -0.05) is 91.9 Å². The Hall–Kier alpha value is -3.15. The number of aliphatic hydroxyl groups excluding tert-OH is 1. The van der Waals surface area contributed by atoms with Gasteiger partial charge >= 0.3 is 6.09 Å². The highest BCUT2D eigenvalue weighted by atomic mass is 16.6. The first-order chi connectivity index (χ1) is 15.6. The minimum absolute atomic E-state index is 0.244. The van der Waals surface area contributed by atoms with Crippen molar-refractivity contribution in [3.8, 4) is 0 Å². The molecular formula is C27H32N2O3. The molecule has 4 N–H and O–H groups in total. The molecule has 0 aliphatic rings. The number of hydrogen-bond acceptors (Lipinski definition) is 4. The molecule has 1 amide bonds. The fourth-order valence-corrected chi connectivity index (χ4v) is 3.99. The molecule has 0 aromatic heterocycles. The Morgan fingerprint density at radius 2 is 1.56 bits per heavy atom. The third kappa shape index (κ3) is 6.94. The van der Waals surface area contributed by atoms with Crippen molar-refractivity contribution in [1.82, 2.24) is 5.32 Å². The Bertz CT molecular complexity index is 963. The summed E-state index contributed by atoms with van der Waals surface area (Å²) in [6.45, 7) is 3.01. The van der Waals surface area contributed by atoms with Crippen molar-refractivity contribution < 1.29 is 14.6 Å². The molecule has 0 bridgehead atoms. The first kappa shape index (κ1) is 23.5. The standard InChI is InChI=1S/C27H32N2O3/c1-2-20-12-9-13-22(16-20)18-29-19-25(30)26(32-27(28)31)24(23-14-7-4-8-15-23)17-21-10-5-3-6-11-21/h3-16,24-26,29-30H,2,17-19H2,1H3,(H2,28,31). The number of aliphatic hydroxyl groups is 1. The molecule has 5 heteroatoms. The average Bonchev–Trinajstić information content (AvgIpc) is 2.82. The molecule has 168 valence electrons. The van der Waals surface area contributed by atoms with E-state index >= 15 is 0 Å². The van der Waals surface area contributed by atoms with Gasteiger partial charge in [0.05, 0.1) is 0 Å². The molecule has 0 saturated carbocycles. The Morgan fingerprint density at radius 1 is 0.938 bits per heavy atom. The lowest BCUT2D eigenvalue weighted by atomic mass is 9.85. The first-order valence-corrected chi connectivity index (χ1v) is 11.1. The molecule has 3 aromatic rings. The molecule has 3 aromatic carbocycles. The summed E-state index contributed by atoms with van der Waals surface area (Å²) < 4.78 is 5.49. The average molecular weight is 433 g/mol. The van der Waals surface area contributed by atoms with Crippen molar-refractivity contribution in [3.05, 3.63) is 107 Å². The molecule has 5 nitrogen and oxygen atoms in total. The van der Waals surface area contributed by atoms with Gasteiger partial charge in [0.2, 0.25) is 0 Å². The highest BCUT2D eigenvalue weighted by Crippen LogP contribution is 2.28. The van der Waals surface area contributed by atoms with E-state index in [1.54, 1.807) is 0 Å². The maximum absolute atomic E-state index is 11.7. The molecule has 3 atom stereocenters. The van der Waals surface area contributed by atoms with Gasteiger partial charge in [0.25, 0.3) is 0 Å². The summed E-state index contributed by atoms with van der Waals surface area (Å²) in [6, 6.07) is 28.1. The summed E-state index contributed by atoms with van der Waals surface area (Å²) >= 11 is 0. The second kappa shape index (κ2) is 12.0. The summed E-state index contributed by atoms with van der Waals surface area (Å²) in [5, 5.41) is 14.3. The quantitative estimate of drug-likeness (QED) is 0.424. The van der Waals surface area contributed by atoms with Crippen molar-refractivity contribution >= 4 is 6.09 Å². The number of nitrogens with two attached hydrogens (primary N) is 1. The van der Waals surface area contributed by atoms with Gasteiger partial charge in [-0.05, 0) is 35.1 Å². The topological polar surface area (TPSA) is 84.6 Å². The number of benzene rings is 3. The zero-order valence-corrected chi connectivity index (χ0v) is 18.5. The summed E-state index contributed by atoms with van der Waals surface area (Å²) in [6.07, 6.45) is -1.02. The normalized spacial score (nSPS) is 13.8. The van der Waals surface area contributed by atoms with E-state index in [1.165, 1.54) is 5.56 Å². The van der Waals surface area contributed by atoms with Crippen molar-refractivity contribution in [3.63, 3.8) is 0 Å². The van der Waals surface area contributed by atoms with E-state index in [-0.39, 0.29) is 12.5 Å². The number of nitrogens with one attached hydrogen (secondary N) is 1. The first-order valence-electron chi connectivity index (χ1n) is 11.1. The third-order valence-electron chi connectivity index (χ3n) is 5.64. The van der Waals surface area contributed by atoms with E-state index in [1.807, 2.05) is 66.7 Å². The molecular weight excluding hydrogens is 400 g/mol. The van der Waals surface area contributed by atoms with Gasteiger partial charge in [0.15, 0.2) is 0 Å². The lowest BCUT2D eigenvalue weighted by Crippen LogP contribution is -2.44. The highest BCUT2D eigenvalue weighted by molar-refractivity contribution is 5.65. The van der Waals surface area contributed by atoms with Gasteiger partial charge in [-0.2, -0.15) is 0 Å². The zero-order chi connectivity index (χ0) is 22.8. The fraction of sp³-hybridized carbons (Fsp3) is 0.296. The second-order valence-corrected chi connectivity index (χ2v) is 7.98. The van der Waals surface area contributed by atoms with E-state index in [9.17, 15) is 9.90 Å². The Balaban J connectivity index is 1.76. The van der Waals surface area contributed by atoms with Gasteiger partial charge < -0.3 is 20.9 Å². The van der Waals surface area contributed by atoms with Crippen LogP contribution < -0.4 is 11.1 Å². The summed E-state index contributed by atoms with van der Waals surface area (Å²) in [5.74, 6) is -0.244. The number of rotatable bonds is 11. The molecule has 0 spiro atoms. The number of primary amides is 1. The van der Waals surface area contributed by atoms with Gasteiger partial charge in [-0.3, -0.25) is 0 Å². The van der Waals surface area contributed by atoms with Crippen molar-refractivity contribution in [2.45, 2.75) is 44.4 Å². The van der Waals surface area contributed by atoms with Crippen LogP contribution in [-0.2, 0) is 24.1 Å². The number of aryl methyl sites for hydroxylation is 1. The van der Waals surface area contributed by atoms with Crippen LogP contribution in [0.5, 0.6) is 0 Å². The number of carbonyl (C=O) groups excluding carboxylic acids is 1. The van der Waals surface area contributed by atoms with E-state index in [0.29, 0.717) is 13.0 Å². The molecule has 0 saturated heterocycles. The van der Waals surface area contributed by atoms with Crippen LogP contribution in [0.15, 0.2) is 84.9 Å². The lowest BCUT2D eigenvalue weighted by molar-refractivity contribution is -0.00815. The predicted octanol–water partition coefficient (Wildman–Crippen LogP) is 4.19. The molecule has 3 unspecified atom stereocenters. The monoisotopic (exact) mass is 432 g/mol. The second-order valence-electron chi connectivity index (χ2n) is 7.98. The third-order valence-corrected chi connectivity index (χ3v) is 5.64. The molecule has 32 heavy (non-hydrogen) atoms. The smallest absolute Gasteiger partial charge is 0.404 e. The predicted molar refractivity (Wildman–Crippen MR) is 127 cm³/mol. The SMILES string of the molecule is CCc1cccc(CNCC(O)C(OC(N)=O)C(Cc2ccccc2)c2ccccc2)c1. The summed E-state index contributed by atoms with van der Waals surface area (Å²) in [4.78, 5) is 11.7. The van der Waals surface area contributed by atoms with Crippen LogP contribution >= 0.6 is 0 Å². The zero-order valence-electron chi connectivity index (χ0n) is 18.5. The van der Waals surface area contributed by atoms with Gasteiger partial charge in [-0.15, -0.1) is 0 Å². The van der Waals surface area contributed by atoms with Gasteiger partial charge in [0, 0.05) is 19.0 Å². The maximum Gasteiger partial charge on any atom is 0.404 e. The van der Waals surface area contributed by atoms with Crippen LogP contribution in [0.3, 0.4) is 0 Å². The van der Waals surface area contributed by atoms with Crippen LogP contribution in [0.2, 0.25) is 0 Å². The van der Waals surface area contributed by atoms with E-state index < -0.39 is 18.3 Å². The molecule has 0 fully saturated rings. The van der Waals surface area contributed by atoms with Crippen molar-refractivity contribution in [1.29, 1.82) is 0 Å². The molecule has 0 heterocycles. The number of ether oxygens (including phenoxy) is 1. The minimum atomic E-state index is -0.925. The largest absolute Gasteiger partial charge is 0.443 e. The van der Waals surface area contributed by atoms with Gasteiger partial charge in [0.1, 0.15) is 12.2 Å². The van der Waals surface area contributed by atoms with E-state index in [2.05, 4.69) is 30.4 Å². The van der Waals surface area contributed by atoms with Crippen LogP contribution in [0.4, 0.5) is 4.79 Å². The maximum atomic E-state index is 11.7. The molecule has 0 aliphatic heterocycles. The van der Waals surface area contributed by atoms with Gasteiger partial charge in [-0.25, -0.2) is 4.79 Å². The number of amides is 1. The molecule has 3 rings (SSSR count). The number of hydrogen-bond donors (Lipinski definition) is 3. The van der Waals surface area contributed by atoms with Crippen LogP contribution in [-0.4, -0.2) is 30.0 Å². The van der Waals surface area contributed by atoms with Crippen LogP contribution in [0.25, 0.3) is 0 Å².